The molecule has 0 aliphatic carbocycles. The summed E-state index contributed by atoms with van der Waals surface area (Å²) in [5.74, 6) is 0.872. The Hall–Kier alpha value is -0.0800. The highest BCUT2D eigenvalue weighted by Gasteiger charge is 2.26. The van der Waals surface area contributed by atoms with Crippen molar-refractivity contribution in [1.82, 2.24) is 10.2 Å². The van der Waals surface area contributed by atoms with Crippen molar-refractivity contribution in [2.24, 2.45) is 5.92 Å². The van der Waals surface area contributed by atoms with Crippen LogP contribution in [0.15, 0.2) is 0 Å². The van der Waals surface area contributed by atoms with Gasteiger partial charge in [-0.3, -0.25) is 0 Å². The Morgan fingerprint density at radius 1 is 1.19 bits per heavy atom. The maximum atomic E-state index is 3.72. The predicted molar refractivity (Wildman–Crippen MR) is 71.8 cm³/mol. The highest BCUT2D eigenvalue weighted by molar-refractivity contribution is 4.84. The molecule has 2 atom stereocenters. The van der Waals surface area contributed by atoms with E-state index >= 15 is 0 Å². The number of rotatable bonds is 7. The van der Waals surface area contributed by atoms with Gasteiger partial charge in [-0.2, -0.15) is 0 Å². The molecule has 0 radical (unpaired) electrons. The van der Waals surface area contributed by atoms with E-state index in [1.165, 1.54) is 58.3 Å². The first-order valence-corrected chi connectivity index (χ1v) is 7.27. The zero-order valence-electron chi connectivity index (χ0n) is 11.5. The van der Waals surface area contributed by atoms with E-state index in [2.05, 4.69) is 31.0 Å². The highest BCUT2D eigenvalue weighted by atomic mass is 15.1. The van der Waals surface area contributed by atoms with Gasteiger partial charge in [0.15, 0.2) is 0 Å². The van der Waals surface area contributed by atoms with Crippen LogP contribution in [-0.4, -0.2) is 37.1 Å². The summed E-state index contributed by atoms with van der Waals surface area (Å²) in [4.78, 5) is 2.67. The van der Waals surface area contributed by atoms with Crippen LogP contribution in [0.1, 0.15) is 52.9 Å². The van der Waals surface area contributed by atoms with E-state index in [1.54, 1.807) is 0 Å². The lowest BCUT2D eigenvalue weighted by molar-refractivity contribution is 0.133. The van der Waals surface area contributed by atoms with Crippen molar-refractivity contribution in [1.29, 1.82) is 0 Å². The van der Waals surface area contributed by atoms with Crippen LogP contribution >= 0.6 is 0 Å². The number of nitrogens with zero attached hydrogens (tertiary/aromatic N) is 1. The Labute approximate surface area is 102 Å². The molecule has 1 saturated heterocycles. The molecule has 1 N–H and O–H groups in total. The highest BCUT2D eigenvalue weighted by Crippen LogP contribution is 2.20. The van der Waals surface area contributed by atoms with Gasteiger partial charge in [-0.15, -0.1) is 0 Å². The summed E-state index contributed by atoms with van der Waals surface area (Å²) in [5, 5.41) is 3.72. The van der Waals surface area contributed by atoms with Crippen molar-refractivity contribution >= 4 is 0 Å². The van der Waals surface area contributed by atoms with Gasteiger partial charge in [0, 0.05) is 12.6 Å². The van der Waals surface area contributed by atoms with Gasteiger partial charge in [0.25, 0.3) is 0 Å². The summed E-state index contributed by atoms with van der Waals surface area (Å²) in [6, 6.07) is 0.780. The van der Waals surface area contributed by atoms with E-state index < -0.39 is 0 Å². The Balaban J connectivity index is 2.31. The maximum Gasteiger partial charge on any atom is 0.0120 e. The minimum absolute atomic E-state index is 0.780. The molecule has 1 aliphatic rings. The lowest BCUT2D eigenvalue weighted by Gasteiger charge is -2.38. The van der Waals surface area contributed by atoms with Crippen molar-refractivity contribution in [2.75, 3.05) is 26.2 Å². The Morgan fingerprint density at radius 2 is 2.00 bits per heavy atom. The zero-order valence-corrected chi connectivity index (χ0v) is 11.5. The second-order valence-electron chi connectivity index (χ2n) is 5.17. The Bertz CT molecular complexity index is 170. The third kappa shape index (κ3) is 4.42. The van der Waals surface area contributed by atoms with Crippen molar-refractivity contribution in [3.8, 4) is 0 Å². The average molecular weight is 226 g/mol. The molecule has 0 bridgehead atoms. The van der Waals surface area contributed by atoms with Crippen LogP contribution in [-0.2, 0) is 0 Å². The molecule has 1 heterocycles. The number of likely N-dealkylation sites (tertiary alicyclic amines) is 1. The Morgan fingerprint density at radius 3 is 2.62 bits per heavy atom. The normalized spacial score (nSPS) is 27.2. The van der Waals surface area contributed by atoms with Crippen molar-refractivity contribution in [3.63, 3.8) is 0 Å². The first kappa shape index (κ1) is 14.0. The topological polar surface area (TPSA) is 15.3 Å². The fourth-order valence-electron chi connectivity index (χ4n) is 2.70. The van der Waals surface area contributed by atoms with E-state index in [1.807, 2.05) is 0 Å². The van der Waals surface area contributed by atoms with Gasteiger partial charge in [-0.1, -0.05) is 33.6 Å². The van der Waals surface area contributed by atoms with E-state index in [0.29, 0.717) is 0 Å². The van der Waals surface area contributed by atoms with Gasteiger partial charge in [0.05, 0.1) is 0 Å². The molecule has 0 saturated carbocycles. The minimum Gasteiger partial charge on any atom is -0.314 e. The molecule has 2 heteroatoms. The standard InChI is InChI=1S/C14H30N2/c1-4-7-10-16-11-8-14(15-9-5-2)13(6-3)12-16/h13-15H,4-12H2,1-3H3. The van der Waals surface area contributed by atoms with Crippen LogP contribution in [0.5, 0.6) is 0 Å². The van der Waals surface area contributed by atoms with Gasteiger partial charge in [0.2, 0.25) is 0 Å². The van der Waals surface area contributed by atoms with E-state index in [-0.39, 0.29) is 0 Å². The molecule has 2 unspecified atom stereocenters. The molecule has 0 amide bonds. The first-order valence-electron chi connectivity index (χ1n) is 7.27. The monoisotopic (exact) mass is 226 g/mol. The molecular formula is C14H30N2. The molecule has 1 aliphatic heterocycles. The first-order chi connectivity index (χ1) is 7.81. The number of nitrogens with one attached hydrogen (secondary N) is 1. The summed E-state index contributed by atoms with van der Waals surface area (Å²) in [7, 11) is 0. The summed E-state index contributed by atoms with van der Waals surface area (Å²) in [6.45, 7) is 12.0. The fourth-order valence-corrected chi connectivity index (χ4v) is 2.70. The third-order valence-corrected chi connectivity index (χ3v) is 3.83. The number of piperidine rings is 1. The maximum absolute atomic E-state index is 3.72. The second-order valence-corrected chi connectivity index (χ2v) is 5.17. The van der Waals surface area contributed by atoms with Gasteiger partial charge < -0.3 is 10.2 Å². The molecule has 2 nitrogen and oxygen atoms in total. The SMILES string of the molecule is CCCCN1CCC(NCCC)C(CC)C1. The summed E-state index contributed by atoms with van der Waals surface area (Å²) in [5.41, 5.74) is 0. The fraction of sp³-hybridized carbons (Fsp3) is 1.00. The largest absolute Gasteiger partial charge is 0.314 e. The molecule has 96 valence electrons. The molecule has 0 aromatic heterocycles. The molecular weight excluding hydrogens is 196 g/mol. The third-order valence-electron chi connectivity index (χ3n) is 3.83. The molecule has 1 rings (SSSR count). The zero-order chi connectivity index (χ0) is 11.8. The summed E-state index contributed by atoms with van der Waals surface area (Å²) in [6.07, 6.45) is 6.62. The lowest BCUT2D eigenvalue weighted by Crippen LogP contribution is -2.49. The van der Waals surface area contributed by atoms with Crippen LogP contribution in [0.3, 0.4) is 0 Å². The molecule has 0 spiro atoms. The van der Waals surface area contributed by atoms with E-state index in [0.717, 1.165) is 12.0 Å². The smallest absolute Gasteiger partial charge is 0.0120 e. The van der Waals surface area contributed by atoms with Crippen molar-refractivity contribution in [3.05, 3.63) is 0 Å². The van der Waals surface area contributed by atoms with Gasteiger partial charge >= 0.3 is 0 Å². The van der Waals surface area contributed by atoms with Crippen LogP contribution in [0, 0.1) is 5.92 Å². The van der Waals surface area contributed by atoms with E-state index in [4.69, 9.17) is 0 Å². The van der Waals surface area contributed by atoms with Crippen molar-refractivity contribution < 1.29 is 0 Å². The van der Waals surface area contributed by atoms with Crippen LogP contribution in [0.25, 0.3) is 0 Å². The van der Waals surface area contributed by atoms with Gasteiger partial charge in [0.1, 0.15) is 0 Å². The van der Waals surface area contributed by atoms with Gasteiger partial charge in [-0.25, -0.2) is 0 Å². The molecule has 0 aromatic carbocycles. The van der Waals surface area contributed by atoms with Crippen LogP contribution < -0.4 is 5.32 Å². The lowest BCUT2D eigenvalue weighted by atomic mass is 9.89. The molecule has 1 fully saturated rings. The minimum atomic E-state index is 0.780. The van der Waals surface area contributed by atoms with Crippen LogP contribution in [0.2, 0.25) is 0 Å². The molecule has 16 heavy (non-hydrogen) atoms. The van der Waals surface area contributed by atoms with E-state index in [9.17, 15) is 0 Å². The second kappa shape index (κ2) is 8.08. The predicted octanol–water partition coefficient (Wildman–Crippen LogP) is 2.89. The summed E-state index contributed by atoms with van der Waals surface area (Å²) < 4.78 is 0. The van der Waals surface area contributed by atoms with Crippen molar-refractivity contribution in [2.45, 2.75) is 58.9 Å². The number of unbranched alkanes of at least 4 members (excludes halogenated alkanes) is 1. The Kier molecular flexibility index (Phi) is 7.06. The number of hydrogen-bond acceptors (Lipinski definition) is 2. The van der Waals surface area contributed by atoms with Gasteiger partial charge in [-0.05, 0) is 44.8 Å². The number of hydrogen-bond donors (Lipinski definition) is 1. The average Bonchev–Trinajstić information content (AvgIpc) is 2.34. The summed E-state index contributed by atoms with van der Waals surface area (Å²) >= 11 is 0. The molecule has 0 aromatic rings. The van der Waals surface area contributed by atoms with Crippen LogP contribution in [0.4, 0.5) is 0 Å². The quantitative estimate of drug-likeness (QED) is 0.718.